The first-order valence-corrected chi connectivity index (χ1v) is 6.95. The third kappa shape index (κ3) is 4.74. The highest BCUT2D eigenvalue weighted by Crippen LogP contribution is 2.29. The highest BCUT2D eigenvalue weighted by molar-refractivity contribution is 5.67. The topological polar surface area (TPSA) is 40.5 Å². The number of hydrogen-bond acceptors (Lipinski definition) is 2. The third-order valence-corrected chi connectivity index (χ3v) is 3.75. The number of nitrogens with zero attached hydrogens (tertiary/aromatic N) is 1. The standard InChI is InChI=1S/C15H18F3NO2/c16-15(17,18)13-5-3-11(4-6-13)9-19-7-1-2-12(10-19)8-14(20)21/h3-6,12H,1-2,7-10H2,(H,20,21). The molecule has 1 atom stereocenters. The fourth-order valence-corrected chi connectivity index (χ4v) is 2.77. The number of halogens is 3. The molecular weight excluding hydrogens is 283 g/mol. The van der Waals surface area contributed by atoms with Crippen LogP contribution in [0.15, 0.2) is 24.3 Å². The molecule has 1 saturated heterocycles. The minimum Gasteiger partial charge on any atom is -0.481 e. The Morgan fingerprint density at radius 3 is 2.52 bits per heavy atom. The lowest BCUT2D eigenvalue weighted by molar-refractivity contribution is -0.139. The molecule has 0 aromatic heterocycles. The molecule has 0 saturated carbocycles. The largest absolute Gasteiger partial charge is 0.481 e. The number of alkyl halides is 3. The first kappa shape index (κ1) is 15.8. The summed E-state index contributed by atoms with van der Waals surface area (Å²) in [7, 11) is 0. The molecule has 21 heavy (non-hydrogen) atoms. The fourth-order valence-electron chi connectivity index (χ4n) is 2.77. The van der Waals surface area contributed by atoms with E-state index >= 15 is 0 Å². The Kier molecular flexibility index (Phi) is 4.88. The van der Waals surface area contributed by atoms with Gasteiger partial charge in [0, 0.05) is 19.5 Å². The van der Waals surface area contributed by atoms with Gasteiger partial charge in [0.1, 0.15) is 0 Å². The Balaban J connectivity index is 1.93. The lowest BCUT2D eigenvalue weighted by Gasteiger charge is -2.32. The third-order valence-electron chi connectivity index (χ3n) is 3.75. The first-order valence-electron chi connectivity index (χ1n) is 6.95. The molecule has 1 aromatic carbocycles. The maximum Gasteiger partial charge on any atom is 0.416 e. The lowest BCUT2D eigenvalue weighted by atomic mass is 9.94. The van der Waals surface area contributed by atoms with Crippen LogP contribution in [0.1, 0.15) is 30.4 Å². The van der Waals surface area contributed by atoms with E-state index in [0.717, 1.165) is 37.1 Å². The monoisotopic (exact) mass is 301 g/mol. The molecule has 1 aliphatic rings. The van der Waals surface area contributed by atoms with Crippen LogP contribution in [0.25, 0.3) is 0 Å². The van der Waals surface area contributed by atoms with Crippen molar-refractivity contribution in [2.45, 2.75) is 32.0 Å². The van der Waals surface area contributed by atoms with Crippen molar-refractivity contribution >= 4 is 5.97 Å². The van der Waals surface area contributed by atoms with Crippen molar-refractivity contribution in [1.82, 2.24) is 4.90 Å². The average Bonchev–Trinajstić information content (AvgIpc) is 2.38. The zero-order chi connectivity index (χ0) is 15.5. The molecule has 116 valence electrons. The Morgan fingerprint density at radius 1 is 1.29 bits per heavy atom. The summed E-state index contributed by atoms with van der Waals surface area (Å²) in [6, 6.07) is 5.16. The van der Waals surface area contributed by atoms with Crippen LogP contribution in [-0.4, -0.2) is 29.1 Å². The summed E-state index contributed by atoms with van der Waals surface area (Å²) < 4.78 is 37.5. The van der Waals surface area contributed by atoms with Crippen molar-refractivity contribution in [1.29, 1.82) is 0 Å². The van der Waals surface area contributed by atoms with Gasteiger partial charge in [0.25, 0.3) is 0 Å². The van der Waals surface area contributed by atoms with Gasteiger partial charge >= 0.3 is 12.1 Å². The van der Waals surface area contributed by atoms with Gasteiger partial charge in [-0.15, -0.1) is 0 Å². The molecule has 0 aliphatic carbocycles. The summed E-state index contributed by atoms with van der Waals surface area (Å²) in [6.07, 6.45) is -2.33. The molecule has 1 fully saturated rings. The molecule has 1 aliphatic heterocycles. The van der Waals surface area contributed by atoms with Gasteiger partial charge in [-0.1, -0.05) is 12.1 Å². The minimum absolute atomic E-state index is 0.130. The van der Waals surface area contributed by atoms with E-state index in [9.17, 15) is 18.0 Å². The van der Waals surface area contributed by atoms with Gasteiger partial charge in [0.15, 0.2) is 0 Å². The van der Waals surface area contributed by atoms with Gasteiger partial charge in [0.05, 0.1) is 5.56 Å². The molecule has 3 nitrogen and oxygen atoms in total. The summed E-state index contributed by atoms with van der Waals surface area (Å²) in [6.45, 7) is 2.11. The van der Waals surface area contributed by atoms with E-state index in [1.54, 1.807) is 0 Å². The summed E-state index contributed by atoms with van der Waals surface area (Å²) in [5.74, 6) is -0.665. The number of benzene rings is 1. The van der Waals surface area contributed by atoms with Gasteiger partial charge in [-0.3, -0.25) is 9.69 Å². The highest BCUT2D eigenvalue weighted by atomic mass is 19.4. The van der Waals surface area contributed by atoms with E-state index in [4.69, 9.17) is 5.11 Å². The predicted octanol–water partition coefficient (Wildman–Crippen LogP) is 3.39. The van der Waals surface area contributed by atoms with Crippen molar-refractivity contribution in [3.05, 3.63) is 35.4 Å². The smallest absolute Gasteiger partial charge is 0.416 e. The zero-order valence-electron chi connectivity index (χ0n) is 11.6. The molecule has 1 aromatic rings. The Bertz CT molecular complexity index is 485. The number of aliphatic carboxylic acids is 1. The number of carboxylic acid groups (broad SMARTS) is 1. The van der Waals surface area contributed by atoms with E-state index < -0.39 is 17.7 Å². The maximum absolute atomic E-state index is 12.5. The number of piperidine rings is 1. The van der Waals surface area contributed by atoms with Crippen LogP contribution >= 0.6 is 0 Å². The summed E-state index contributed by atoms with van der Waals surface area (Å²) >= 11 is 0. The van der Waals surface area contributed by atoms with Crippen molar-refractivity contribution in [3.63, 3.8) is 0 Å². The molecule has 6 heteroatoms. The van der Waals surface area contributed by atoms with Crippen LogP contribution in [0.3, 0.4) is 0 Å². The van der Waals surface area contributed by atoms with Gasteiger partial charge in [0.2, 0.25) is 0 Å². The zero-order valence-corrected chi connectivity index (χ0v) is 11.6. The Morgan fingerprint density at radius 2 is 1.95 bits per heavy atom. The molecule has 0 amide bonds. The van der Waals surface area contributed by atoms with E-state index in [-0.39, 0.29) is 12.3 Å². The fraction of sp³-hybridized carbons (Fsp3) is 0.533. The predicted molar refractivity (Wildman–Crippen MR) is 71.7 cm³/mol. The van der Waals surface area contributed by atoms with E-state index in [1.807, 2.05) is 0 Å². The highest BCUT2D eigenvalue weighted by Gasteiger charge is 2.30. The van der Waals surface area contributed by atoms with Gasteiger partial charge < -0.3 is 5.11 Å². The van der Waals surface area contributed by atoms with Crippen LogP contribution in [0.5, 0.6) is 0 Å². The summed E-state index contributed by atoms with van der Waals surface area (Å²) in [5.41, 5.74) is 0.174. The van der Waals surface area contributed by atoms with Gasteiger partial charge in [-0.2, -0.15) is 13.2 Å². The second kappa shape index (κ2) is 6.47. The number of likely N-dealkylation sites (tertiary alicyclic amines) is 1. The second-order valence-electron chi connectivity index (χ2n) is 5.54. The van der Waals surface area contributed by atoms with Crippen LogP contribution in [0.2, 0.25) is 0 Å². The quantitative estimate of drug-likeness (QED) is 0.926. The van der Waals surface area contributed by atoms with E-state index in [2.05, 4.69) is 4.90 Å². The molecular formula is C15H18F3NO2. The SMILES string of the molecule is O=C(O)CC1CCCN(Cc2ccc(C(F)(F)F)cc2)C1. The Labute approximate surface area is 121 Å². The molecule has 1 N–H and O–H groups in total. The maximum atomic E-state index is 12.5. The molecule has 1 unspecified atom stereocenters. The van der Waals surface area contributed by atoms with Gasteiger partial charge in [-0.05, 0) is 43.0 Å². The van der Waals surface area contributed by atoms with Crippen molar-refractivity contribution in [2.75, 3.05) is 13.1 Å². The number of rotatable bonds is 4. The number of carboxylic acids is 1. The molecule has 1 heterocycles. The summed E-state index contributed by atoms with van der Waals surface area (Å²) in [4.78, 5) is 12.8. The van der Waals surface area contributed by atoms with Crippen LogP contribution in [0, 0.1) is 5.92 Å². The average molecular weight is 301 g/mol. The second-order valence-corrected chi connectivity index (χ2v) is 5.54. The molecule has 0 radical (unpaired) electrons. The van der Waals surface area contributed by atoms with Crippen LogP contribution < -0.4 is 0 Å². The van der Waals surface area contributed by atoms with E-state index in [0.29, 0.717) is 13.1 Å². The number of hydrogen-bond donors (Lipinski definition) is 1. The molecule has 2 rings (SSSR count). The van der Waals surface area contributed by atoms with Crippen LogP contribution in [0.4, 0.5) is 13.2 Å². The summed E-state index contributed by atoms with van der Waals surface area (Å²) in [5, 5.41) is 8.82. The Hall–Kier alpha value is -1.56. The van der Waals surface area contributed by atoms with E-state index in [1.165, 1.54) is 12.1 Å². The van der Waals surface area contributed by atoms with Crippen molar-refractivity contribution < 1.29 is 23.1 Å². The van der Waals surface area contributed by atoms with Crippen molar-refractivity contribution in [2.24, 2.45) is 5.92 Å². The number of carbonyl (C=O) groups is 1. The molecule has 0 spiro atoms. The van der Waals surface area contributed by atoms with Crippen molar-refractivity contribution in [3.8, 4) is 0 Å². The molecule has 0 bridgehead atoms. The normalized spacial score (nSPS) is 20.4. The van der Waals surface area contributed by atoms with Gasteiger partial charge in [-0.25, -0.2) is 0 Å². The van der Waals surface area contributed by atoms with Crippen LogP contribution in [-0.2, 0) is 17.5 Å². The first-order chi connectivity index (χ1) is 9.84. The minimum atomic E-state index is -4.31. The lowest BCUT2D eigenvalue weighted by Crippen LogP contribution is -2.35.